The van der Waals surface area contributed by atoms with Crippen LogP contribution in [0, 0.1) is 16.0 Å². The van der Waals surface area contributed by atoms with Gasteiger partial charge < -0.3 is 16.2 Å². The van der Waals surface area contributed by atoms with E-state index in [-0.39, 0.29) is 16.9 Å². The molecule has 0 aliphatic carbocycles. The third-order valence-corrected chi connectivity index (χ3v) is 3.00. The normalized spacial score (nSPS) is 13.3. The number of nitro benzene ring substituents is 1. The van der Waals surface area contributed by atoms with Crippen molar-refractivity contribution in [2.45, 2.75) is 19.9 Å². The van der Waals surface area contributed by atoms with E-state index in [1.807, 2.05) is 0 Å². The Labute approximate surface area is 114 Å². The topological polar surface area (TPSA) is 136 Å². The van der Waals surface area contributed by atoms with Crippen LogP contribution in [0.25, 0.3) is 0 Å². The summed E-state index contributed by atoms with van der Waals surface area (Å²) in [6, 6.07) is 3.22. The fourth-order valence-electron chi connectivity index (χ4n) is 1.54. The number of benzene rings is 1. The van der Waals surface area contributed by atoms with Crippen molar-refractivity contribution in [3.8, 4) is 0 Å². The number of amides is 1. The summed E-state index contributed by atoms with van der Waals surface area (Å²) in [5, 5.41) is 22.6. The van der Waals surface area contributed by atoms with Gasteiger partial charge in [-0.1, -0.05) is 0 Å². The van der Waals surface area contributed by atoms with Crippen molar-refractivity contribution in [3.05, 3.63) is 33.9 Å². The number of primary amides is 1. The molecule has 8 heteroatoms. The second-order valence-electron chi connectivity index (χ2n) is 4.41. The van der Waals surface area contributed by atoms with Crippen LogP contribution >= 0.6 is 0 Å². The largest absolute Gasteiger partial charge is 0.481 e. The molecule has 0 aliphatic heterocycles. The Balaban J connectivity index is 3.09. The van der Waals surface area contributed by atoms with E-state index >= 15 is 0 Å². The van der Waals surface area contributed by atoms with E-state index in [1.165, 1.54) is 19.1 Å². The van der Waals surface area contributed by atoms with E-state index in [4.69, 9.17) is 10.8 Å². The molecule has 0 fully saturated rings. The van der Waals surface area contributed by atoms with Crippen LogP contribution in [-0.4, -0.2) is 27.9 Å². The summed E-state index contributed by atoms with van der Waals surface area (Å²) in [5.74, 6) is -2.52. The first-order valence-electron chi connectivity index (χ1n) is 5.81. The van der Waals surface area contributed by atoms with Crippen LogP contribution in [0.5, 0.6) is 0 Å². The van der Waals surface area contributed by atoms with Crippen LogP contribution in [0.4, 0.5) is 11.4 Å². The maximum absolute atomic E-state index is 11.0. The van der Waals surface area contributed by atoms with Gasteiger partial charge in [0.05, 0.1) is 10.8 Å². The Kier molecular flexibility index (Phi) is 4.63. The number of carboxylic acids is 1. The molecule has 0 saturated carbocycles. The molecule has 108 valence electrons. The van der Waals surface area contributed by atoms with Gasteiger partial charge in [-0.3, -0.25) is 19.7 Å². The van der Waals surface area contributed by atoms with E-state index in [1.54, 1.807) is 6.92 Å². The monoisotopic (exact) mass is 281 g/mol. The summed E-state index contributed by atoms with van der Waals surface area (Å²) < 4.78 is 0. The molecule has 1 aromatic carbocycles. The lowest BCUT2D eigenvalue weighted by molar-refractivity contribution is -0.384. The molecular weight excluding hydrogens is 266 g/mol. The number of aliphatic carboxylic acids is 1. The van der Waals surface area contributed by atoms with Crippen molar-refractivity contribution in [2.75, 3.05) is 5.32 Å². The van der Waals surface area contributed by atoms with Crippen LogP contribution in [0.1, 0.15) is 24.2 Å². The molecule has 0 aromatic heterocycles. The fourth-order valence-corrected chi connectivity index (χ4v) is 1.54. The number of nitro groups is 1. The molecule has 0 spiro atoms. The molecule has 2 atom stereocenters. The molecule has 4 N–H and O–H groups in total. The van der Waals surface area contributed by atoms with Gasteiger partial charge in [-0.25, -0.2) is 0 Å². The number of hydrogen-bond acceptors (Lipinski definition) is 5. The van der Waals surface area contributed by atoms with Crippen LogP contribution in [0.15, 0.2) is 18.2 Å². The predicted octanol–water partition coefficient (Wildman–Crippen LogP) is 1.21. The van der Waals surface area contributed by atoms with Gasteiger partial charge in [-0.05, 0) is 26.0 Å². The number of carbonyl (C=O) groups excluding carboxylic acids is 1. The molecule has 0 heterocycles. The predicted molar refractivity (Wildman–Crippen MR) is 71.5 cm³/mol. The zero-order chi connectivity index (χ0) is 15.4. The van der Waals surface area contributed by atoms with Gasteiger partial charge in [0.2, 0.25) is 5.91 Å². The second kappa shape index (κ2) is 6.00. The number of nitrogens with zero attached hydrogens (tertiary/aromatic N) is 1. The van der Waals surface area contributed by atoms with Crippen molar-refractivity contribution < 1.29 is 19.6 Å². The first kappa shape index (κ1) is 15.4. The van der Waals surface area contributed by atoms with Crippen molar-refractivity contribution in [2.24, 2.45) is 11.7 Å². The molecular formula is C12H15N3O5. The van der Waals surface area contributed by atoms with E-state index in [9.17, 15) is 19.7 Å². The van der Waals surface area contributed by atoms with E-state index in [2.05, 4.69) is 5.32 Å². The smallest absolute Gasteiger partial charge is 0.308 e. The first-order valence-corrected chi connectivity index (χ1v) is 5.81. The standard InChI is InChI=1S/C12H15N3O5/c1-6(12(17)18)7(2)14-9-4-3-8(11(13)16)5-10(9)15(19)20/h3-7,14H,1-2H3,(H2,13,16)(H,17,18). The molecule has 0 aliphatic rings. The number of nitrogens with one attached hydrogen (secondary N) is 1. The number of rotatable bonds is 6. The average molecular weight is 281 g/mol. The first-order chi connectivity index (χ1) is 9.23. The molecule has 0 saturated heterocycles. The third kappa shape index (κ3) is 3.44. The molecule has 1 aromatic rings. The lowest BCUT2D eigenvalue weighted by Gasteiger charge is -2.19. The van der Waals surface area contributed by atoms with Gasteiger partial charge in [0.25, 0.3) is 5.69 Å². The maximum atomic E-state index is 11.0. The maximum Gasteiger partial charge on any atom is 0.308 e. The van der Waals surface area contributed by atoms with E-state index < -0.39 is 28.8 Å². The van der Waals surface area contributed by atoms with Gasteiger partial charge in [0.15, 0.2) is 0 Å². The molecule has 1 amide bonds. The highest BCUT2D eigenvalue weighted by Gasteiger charge is 2.23. The van der Waals surface area contributed by atoms with Gasteiger partial charge in [0.1, 0.15) is 5.69 Å². The van der Waals surface area contributed by atoms with Crippen LogP contribution < -0.4 is 11.1 Å². The molecule has 2 unspecified atom stereocenters. The highest BCUT2D eigenvalue weighted by atomic mass is 16.6. The Morgan fingerprint density at radius 3 is 2.45 bits per heavy atom. The summed E-state index contributed by atoms with van der Waals surface area (Å²) in [6.45, 7) is 3.09. The molecule has 0 radical (unpaired) electrons. The van der Waals surface area contributed by atoms with E-state index in [0.29, 0.717) is 0 Å². The van der Waals surface area contributed by atoms with Crippen molar-refractivity contribution in [1.29, 1.82) is 0 Å². The van der Waals surface area contributed by atoms with Crippen molar-refractivity contribution >= 4 is 23.3 Å². The lowest BCUT2D eigenvalue weighted by Crippen LogP contribution is -2.30. The Bertz CT molecular complexity index is 558. The zero-order valence-electron chi connectivity index (χ0n) is 11.0. The second-order valence-corrected chi connectivity index (χ2v) is 4.41. The highest BCUT2D eigenvalue weighted by Crippen LogP contribution is 2.27. The molecule has 8 nitrogen and oxygen atoms in total. The van der Waals surface area contributed by atoms with Gasteiger partial charge >= 0.3 is 5.97 Å². The average Bonchev–Trinajstić information content (AvgIpc) is 2.37. The summed E-state index contributed by atoms with van der Waals surface area (Å²) in [7, 11) is 0. The highest BCUT2D eigenvalue weighted by molar-refractivity contribution is 5.94. The summed E-state index contributed by atoms with van der Waals surface area (Å²) in [4.78, 5) is 32.2. The fraction of sp³-hybridized carbons (Fsp3) is 0.333. The summed E-state index contributed by atoms with van der Waals surface area (Å²) >= 11 is 0. The minimum atomic E-state index is -1.01. The lowest BCUT2D eigenvalue weighted by atomic mass is 10.0. The number of carbonyl (C=O) groups is 2. The Hall–Kier alpha value is -2.64. The van der Waals surface area contributed by atoms with Gasteiger partial charge in [-0.15, -0.1) is 0 Å². The number of carboxylic acid groups (broad SMARTS) is 1. The summed E-state index contributed by atoms with van der Waals surface area (Å²) in [5.41, 5.74) is 4.89. The van der Waals surface area contributed by atoms with Gasteiger partial charge in [0, 0.05) is 17.7 Å². The van der Waals surface area contributed by atoms with Crippen LogP contribution in [0.2, 0.25) is 0 Å². The van der Waals surface area contributed by atoms with Crippen LogP contribution in [0.3, 0.4) is 0 Å². The summed E-state index contributed by atoms with van der Waals surface area (Å²) in [6.07, 6.45) is 0. The Morgan fingerprint density at radius 1 is 1.40 bits per heavy atom. The molecule has 1 rings (SSSR count). The van der Waals surface area contributed by atoms with Crippen LogP contribution in [-0.2, 0) is 4.79 Å². The number of nitrogens with two attached hydrogens (primary N) is 1. The minimum absolute atomic E-state index is 0.0150. The Morgan fingerprint density at radius 2 is 2.00 bits per heavy atom. The van der Waals surface area contributed by atoms with E-state index in [0.717, 1.165) is 6.07 Å². The van der Waals surface area contributed by atoms with Crippen molar-refractivity contribution in [1.82, 2.24) is 0 Å². The molecule has 0 bridgehead atoms. The number of anilines is 1. The minimum Gasteiger partial charge on any atom is -0.481 e. The third-order valence-electron chi connectivity index (χ3n) is 3.00. The quantitative estimate of drug-likeness (QED) is 0.529. The number of hydrogen-bond donors (Lipinski definition) is 3. The zero-order valence-corrected chi connectivity index (χ0v) is 11.0. The SMILES string of the molecule is CC(Nc1ccc(C(N)=O)cc1[N+](=O)[O-])C(C)C(=O)O. The molecule has 20 heavy (non-hydrogen) atoms. The van der Waals surface area contributed by atoms with Crippen molar-refractivity contribution in [3.63, 3.8) is 0 Å². The van der Waals surface area contributed by atoms with Gasteiger partial charge in [-0.2, -0.15) is 0 Å².